The first-order valence-electron chi connectivity index (χ1n) is 2.69. The summed E-state index contributed by atoms with van der Waals surface area (Å²) in [4.78, 5) is 3.92. The molecule has 0 saturated heterocycles. The molecule has 5 heterocycles. The summed E-state index contributed by atoms with van der Waals surface area (Å²) in [6, 6.07) is 0. The Morgan fingerprint density at radius 2 is 2.40 bits per heavy atom. The molecule has 0 radical (unpaired) electrons. The summed E-state index contributed by atoms with van der Waals surface area (Å²) in [6.07, 6.45) is -0.131. The van der Waals surface area contributed by atoms with E-state index in [0.717, 1.165) is 5.82 Å². The van der Waals surface area contributed by atoms with Gasteiger partial charge in [0, 0.05) is 3.95 Å². The Labute approximate surface area is 56.4 Å². The Bertz CT molecular complexity index is 461. The average Bonchev–Trinajstić information content (AvgIpc) is 2.39. The van der Waals surface area contributed by atoms with Crippen LogP contribution >= 0.6 is 0 Å². The number of nitrogens with one attached hydrogen (secondary N) is 1. The number of hydrogen-bond acceptors (Lipinski definition) is 3. The van der Waals surface area contributed by atoms with E-state index < -0.39 is 10.5 Å². The van der Waals surface area contributed by atoms with E-state index in [-0.39, 0.29) is 6.17 Å². The number of rotatable bonds is 0. The molecule has 4 bridgehead atoms. The molecule has 0 saturated carbocycles. The summed E-state index contributed by atoms with van der Waals surface area (Å²) in [6.45, 7) is 0. The van der Waals surface area contributed by atoms with Crippen molar-refractivity contribution in [2.75, 3.05) is 0 Å². The molecule has 50 valence electrons. The number of aromatic nitrogens is 3. The SMILES string of the molecule is O=S(=O)=[N+]1c2nc3[nH][n+]2C31. The third-order valence-electron chi connectivity index (χ3n) is 1.74. The average molecular weight is 158 g/mol. The first kappa shape index (κ1) is 4.56. The Balaban J connectivity index is 2.53. The van der Waals surface area contributed by atoms with Crippen LogP contribution in [0.4, 0.5) is 5.95 Å². The van der Waals surface area contributed by atoms with Crippen LogP contribution in [0.1, 0.15) is 12.0 Å². The van der Waals surface area contributed by atoms with Crippen molar-refractivity contribution in [1.29, 1.82) is 0 Å². The molecule has 1 atom stereocenters. The minimum Gasteiger partial charge on any atom is -0.141 e. The lowest BCUT2D eigenvalue weighted by Crippen LogP contribution is -2.62. The van der Waals surface area contributed by atoms with E-state index in [1.807, 2.05) is 0 Å². The van der Waals surface area contributed by atoms with Crippen molar-refractivity contribution in [2.45, 2.75) is 6.17 Å². The summed E-state index contributed by atoms with van der Waals surface area (Å²) >= 11 is 0. The van der Waals surface area contributed by atoms with E-state index in [1.165, 1.54) is 3.95 Å². The van der Waals surface area contributed by atoms with Gasteiger partial charge in [0.15, 0.2) is 0 Å². The predicted molar refractivity (Wildman–Crippen MR) is 25.8 cm³/mol. The molecule has 4 aliphatic rings. The molecule has 1 aromatic heterocycles. The highest BCUT2D eigenvalue weighted by molar-refractivity contribution is 7.59. The van der Waals surface area contributed by atoms with Crippen LogP contribution < -0.4 is 4.68 Å². The minimum absolute atomic E-state index is 0.131. The Morgan fingerprint density at radius 1 is 1.60 bits per heavy atom. The Kier molecular flexibility index (Phi) is 0.459. The van der Waals surface area contributed by atoms with Crippen molar-refractivity contribution in [2.24, 2.45) is 0 Å². The van der Waals surface area contributed by atoms with Crippen LogP contribution in [0.3, 0.4) is 0 Å². The van der Waals surface area contributed by atoms with Gasteiger partial charge in [0.1, 0.15) is 4.98 Å². The van der Waals surface area contributed by atoms with Crippen molar-refractivity contribution < 1.29 is 17.0 Å². The quantitative estimate of drug-likeness (QED) is 0.456. The van der Waals surface area contributed by atoms with Crippen molar-refractivity contribution in [3.05, 3.63) is 5.82 Å². The molecule has 7 heteroatoms. The maximum atomic E-state index is 10.4. The lowest BCUT2D eigenvalue weighted by molar-refractivity contribution is -1.00. The fourth-order valence-corrected chi connectivity index (χ4v) is 1.89. The summed E-state index contributed by atoms with van der Waals surface area (Å²) < 4.78 is 23.7. The lowest BCUT2D eigenvalue weighted by Gasteiger charge is -2.08. The second kappa shape index (κ2) is 1.01. The van der Waals surface area contributed by atoms with Gasteiger partial charge in [0.05, 0.1) is 0 Å². The smallest absolute Gasteiger partial charge is 0.141 e. The molecule has 0 spiro atoms. The number of nitrogens with zero attached hydrogens (tertiary/aromatic N) is 3. The zero-order valence-corrected chi connectivity index (χ0v) is 5.46. The molecule has 6 nitrogen and oxygen atoms in total. The van der Waals surface area contributed by atoms with Crippen LogP contribution in [0.2, 0.25) is 0 Å². The van der Waals surface area contributed by atoms with Crippen LogP contribution in [0.15, 0.2) is 0 Å². The van der Waals surface area contributed by atoms with E-state index in [9.17, 15) is 8.42 Å². The molecule has 0 amide bonds. The first-order chi connectivity index (χ1) is 4.79. The highest BCUT2D eigenvalue weighted by atomic mass is 32.2. The third-order valence-corrected chi connectivity index (χ3v) is 2.42. The lowest BCUT2D eigenvalue weighted by atomic mass is 10.4. The van der Waals surface area contributed by atoms with E-state index >= 15 is 0 Å². The molecule has 0 fully saturated rings. The van der Waals surface area contributed by atoms with E-state index in [4.69, 9.17) is 0 Å². The van der Waals surface area contributed by atoms with Crippen LogP contribution in [0, 0.1) is 0 Å². The number of aromatic amines is 1. The Morgan fingerprint density at radius 3 is 2.70 bits per heavy atom. The van der Waals surface area contributed by atoms with Crippen LogP contribution in [0.5, 0.6) is 0 Å². The first-order valence-corrected chi connectivity index (χ1v) is 3.72. The summed E-state index contributed by atoms with van der Waals surface area (Å²) in [5, 5.41) is 2.83. The minimum atomic E-state index is -2.16. The molecular formula is C3H2N4O2S+2. The van der Waals surface area contributed by atoms with Crippen molar-refractivity contribution in [3.63, 3.8) is 0 Å². The van der Waals surface area contributed by atoms with Crippen molar-refractivity contribution in [3.8, 4) is 0 Å². The van der Waals surface area contributed by atoms with Crippen LogP contribution in [0.25, 0.3) is 0 Å². The second-order valence-electron chi connectivity index (χ2n) is 2.20. The summed E-state index contributed by atoms with van der Waals surface area (Å²) in [5.41, 5.74) is 0. The van der Waals surface area contributed by atoms with E-state index in [1.54, 1.807) is 4.68 Å². The predicted octanol–water partition coefficient (Wildman–Crippen LogP) is -1.72. The van der Waals surface area contributed by atoms with Gasteiger partial charge in [0.2, 0.25) is 0 Å². The van der Waals surface area contributed by atoms with Gasteiger partial charge in [-0.2, -0.15) is 0 Å². The molecule has 10 heavy (non-hydrogen) atoms. The standard InChI is InChI=1S/C3HN4O2S/c8-10(9)7-2-1-4-3(7)6(2)5-1/h2H/q+1/p+1. The maximum Gasteiger partial charge on any atom is 0.631 e. The summed E-state index contributed by atoms with van der Waals surface area (Å²) in [5.74, 6) is 1.23. The van der Waals surface area contributed by atoms with Gasteiger partial charge in [-0.3, -0.25) is 0 Å². The fourth-order valence-electron chi connectivity index (χ4n) is 1.28. The second-order valence-corrected chi connectivity index (χ2v) is 3.02. The van der Waals surface area contributed by atoms with Gasteiger partial charge in [-0.15, -0.1) is 13.5 Å². The molecule has 0 aliphatic carbocycles. The highest BCUT2D eigenvalue weighted by Gasteiger charge is 2.72. The van der Waals surface area contributed by atoms with E-state index in [2.05, 4.69) is 10.1 Å². The van der Waals surface area contributed by atoms with Gasteiger partial charge in [0.25, 0.3) is 0 Å². The van der Waals surface area contributed by atoms with Crippen LogP contribution in [-0.2, 0) is 10.5 Å². The number of hydrogen-bond donors (Lipinski definition) is 1. The van der Waals surface area contributed by atoms with Gasteiger partial charge >= 0.3 is 28.4 Å². The number of H-pyrrole nitrogens is 1. The van der Waals surface area contributed by atoms with Gasteiger partial charge < -0.3 is 0 Å². The highest BCUT2D eigenvalue weighted by Crippen LogP contribution is 2.34. The maximum absolute atomic E-state index is 10.4. The summed E-state index contributed by atoms with van der Waals surface area (Å²) in [7, 11) is -2.16. The third kappa shape index (κ3) is 0.237. The fraction of sp³-hybridized carbons (Fsp3) is 0.333. The van der Waals surface area contributed by atoms with Crippen molar-refractivity contribution in [1.82, 2.24) is 10.1 Å². The van der Waals surface area contributed by atoms with Gasteiger partial charge in [-0.05, 0) is 4.68 Å². The van der Waals surface area contributed by atoms with Gasteiger partial charge in [-0.1, -0.05) is 0 Å². The largest absolute Gasteiger partial charge is 0.631 e. The van der Waals surface area contributed by atoms with Crippen LogP contribution in [-0.4, -0.2) is 22.4 Å². The molecule has 4 aliphatic heterocycles. The zero-order chi connectivity index (χ0) is 6.88. The molecular weight excluding hydrogens is 156 g/mol. The Hall–Kier alpha value is -1.24. The zero-order valence-electron chi connectivity index (χ0n) is 4.64. The normalized spacial score (nSPS) is 23.6. The molecule has 1 aromatic rings. The van der Waals surface area contributed by atoms with E-state index in [0.29, 0.717) is 5.95 Å². The molecule has 5 rings (SSSR count). The molecule has 0 aromatic carbocycles. The monoisotopic (exact) mass is 158 g/mol. The molecule has 1 unspecified atom stereocenters. The van der Waals surface area contributed by atoms with Crippen molar-refractivity contribution >= 4 is 16.4 Å². The topological polar surface area (TPSA) is 69.7 Å². The molecule has 1 N–H and O–H groups in total. The van der Waals surface area contributed by atoms with Gasteiger partial charge in [-0.25, -0.2) is 0 Å².